The van der Waals surface area contributed by atoms with Crippen LogP contribution in [0.25, 0.3) is 10.9 Å². The third-order valence-corrected chi connectivity index (χ3v) is 2.98. The normalized spacial score (nSPS) is 10.5. The van der Waals surface area contributed by atoms with Gasteiger partial charge in [0, 0.05) is 6.07 Å². The van der Waals surface area contributed by atoms with Gasteiger partial charge in [-0.3, -0.25) is 0 Å². The molecule has 0 fully saturated rings. The van der Waals surface area contributed by atoms with Crippen LogP contribution in [0.2, 0.25) is 0 Å². The Balaban J connectivity index is 2.97. The Bertz CT molecular complexity index is 470. The first kappa shape index (κ1) is 8.55. The molecule has 0 saturated heterocycles. The van der Waals surface area contributed by atoms with Gasteiger partial charge in [-0.25, -0.2) is 0 Å². The molecule has 0 aliphatic heterocycles. The molecule has 3 nitrogen and oxygen atoms in total. The predicted molar refractivity (Wildman–Crippen MR) is 57.3 cm³/mol. The predicted octanol–water partition coefficient (Wildman–Crippen LogP) is 1.78. The van der Waals surface area contributed by atoms with Crippen LogP contribution in [-0.4, -0.2) is 5.11 Å². The molecule has 0 aliphatic rings. The number of halogens is 1. The molecule has 0 unspecified atom stereocenters. The highest BCUT2D eigenvalue weighted by molar-refractivity contribution is 14.1. The van der Waals surface area contributed by atoms with Crippen molar-refractivity contribution in [3.05, 3.63) is 39.2 Å². The summed E-state index contributed by atoms with van der Waals surface area (Å²) in [7, 11) is 0. The number of pyridine rings is 1. The van der Waals surface area contributed by atoms with Gasteiger partial charge < -0.3 is 10.3 Å². The number of benzene rings is 1. The zero-order chi connectivity index (χ0) is 9.42. The van der Waals surface area contributed by atoms with Crippen molar-refractivity contribution in [3.8, 4) is 5.75 Å². The molecular weight excluding hydrogens is 281 g/mol. The maximum atomic E-state index is 11.3. The summed E-state index contributed by atoms with van der Waals surface area (Å²) in [4.78, 5) is 0. The summed E-state index contributed by atoms with van der Waals surface area (Å²) in [6.45, 7) is 0. The van der Waals surface area contributed by atoms with E-state index in [9.17, 15) is 10.3 Å². The molecule has 4 heteroatoms. The van der Waals surface area contributed by atoms with Gasteiger partial charge in [-0.05, 0) is 28.7 Å². The number of rotatable bonds is 0. The Morgan fingerprint density at radius 3 is 2.77 bits per heavy atom. The maximum Gasteiger partial charge on any atom is 0.225 e. The lowest BCUT2D eigenvalue weighted by Gasteiger charge is -2.03. The van der Waals surface area contributed by atoms with Crippen molar-refractivity contribution in [2.75, 3.05) is 0 Å². The Labute approximate surface area is 88.3 Å². The van der Waals surface area contributed by atoms with Crippen LogP contribution < -0.4 is 4.73 Å². The van der Waals surface area contributed by atoms with E-state index in [1.54, 1.807) is 12.1 Å². The molecule has 0 radical (unpaired) electrons. The zero-order valence-corrected chi connectivity index (χ0v) is 8.72. The van der Waals surface area contributed by atoms with Gasteiger partial charge in [0.15, 0.2) is 5.75 Å². The Kier molecular flexibility index (Phi) is 1.99. The van der Waals surface area contributed by atoms with Crippen molar-refractivity contribution in [1.29, 1.82) is 0 Å². The number of aromatic nitrogens is 1. The summed E-state index contributed by atoms with van der Waals surface area (Å²) in [5, 5.41) is 21.5. The quantitative estimate of drug-likeness (QED) is 0.456. The van der Waals surface area contributed by atoms with E-state index in [2.05, 4.69) is 0 Å². The second kappa shape index (κ2) is 3.02. The largest absolute Gasteiger partial charge is 0.618 e. The molecule has 66 valence electrons. The Morgan fingerprint density at radius 2 is 2.00 bits per heavy atom. The minimum absolute atomic E-state index is 0.0225. The average Bonchev–Trinajstić information content (AvgIpc) is 2.15. The highest BCUT2D eigenvalue weighted by Crippen LogP contribution is 2.24. The maximum absolute atomic E-state index is 11.3. The van der Waals surface area contributed by atoms with Gasteiger partial charge in [0.25, 0.3) is 0 Å². The van der Waals surface area contributed by atoms with Crippen molar-refractivity contribution in [2.45, 2.75) is 0 Å². The van der Waals surface area contributed by atoms with Crippen LogP contribution >= 0.6 is 22.6 Å². The van der Waals surface area contributed by atoms with Crippen molar-refractivity contribution >= 4 is 33.5 Å². The van der Waals surface area contributed by atoms with Crippen LogP contribution in [0.5, 0.6) is 5.75 Å². The minimum Gasteiger partial charge on any atom is -0.618 e. The summed E-state index contributed by atoms with van der Waals surface area (Å²) in [6, 6.07) is 7.17. The van der Waals surface area contributed by atoms with Gasteiger partial charge in [0.1, 0.15) is 0 Å². The van der Waals surface area contributed by atoms with Crippen molar-refractivity contribution in [2.24, 2.45) is 0 Å². The van der Waals surface area contributed by atoms with E-state index in [1.165, 1.54) is 6.20 Å². The fourth-order valence-corrected chi connectivity index (χ4v) is 1.82. The lowest BCUT2D eigenvalue weighted by atomic mass is 10.2. The van der Waals surface area contributed by atoms with E-state index in [1.807, 2.05) is 34.7 Å². The first-order valence-electron chi connectivity index (χ1n) is 3.69. The number of hydrogen-bond acceptors (Lipinski definition) is 2. The topological polar surface area (TPSA) is 47.2 Å². The fourth-order valence-electron chi connectivity index (χ4n) is 1.23. The third-order valence-electron chi connectivity index (χ3n) is 1.84. The van der Waals surface area contributed by atoms with Crippen molar-refractivity contribution in [1.82, 2.24) is 0 Å². The zero-order valence-electron chi connectivity index (χ0n) is 6.57. The standard InChI is InChI=1S/C9H6INO2/c10-9-6-3-1-2-4-7(6)11(13)5-8(9)12/h1-5,12H. The molecule has 0 bridgehead atoms. The highest BCUT2D eigenvalue weighted by atomic mass is 127. The number of hydrogen-bond donors (Lipinski definition) is 1. The van der Waals surface area contributed by atoms with Gasteiger partial charge in [-0.2, -0.15) is 4.73 Å². The van der Waals surface area contributed by atoms with Gasteiger partial charge in [-0.1, -0.05) is 12.1 Å². The average molecular weight is 287 g/mol. The van der Waals surface area contributed by atoms with Gasteiger partial charge in [-0.15, -0.1) is 0 Å². The number of nitrogens with zero attached hydrogens (tertiary/aromatic N) is 1. The second-order valence-electron chi connectivity index (χ2n) is 2.67. The summed E-state index contributed by atoms with van der Waals surface area (Å²) < 4.78 is 1.38. The first-order chi connectivity index (χ1) is 6.20. The van der Waals surface area contributed by atoms with Gasteiger partial charge >= 0.3 is 0 Å². The van der Waals surface area contributed by atoms with E-state index in [4.69, 9.17) is 0 Å². The molecule has 1 aromatic carbocycles. The second-order valence-corrected chi connectivity index (χ2v) is 3.75. The number of para-hydroxylation sites is 1. The number of fused-ring (bicyclic) bond motifs is 1. The summed E-state index contributed by atoms with van der Waals surface area (Å²) in [5.41, 5.74) is 0.574. The summed E-state index contributed by atoms with van der Waals surface area (Å²) in [5.74, 6) is 0.0225. The van der Waals surface area contributed by atoms with E-state index in [-0.39, 0.29) is 5.75 Å². The summed E-state index contributed by atoms with van der Waals surface area (Å²) >= 11 is 2.02. The molecule has 1 N–H and O–H groups in total. The molecule has 0 saturated carbocycles. The van der Waals surface area contributed by atoms with E-state index in [0.717, 1.165) is 5.39 Å². The lowest BCUT2D eigenvalue weighted by Crippen LogP contribution is -2.26. The van der Waals surface area contributed by atoms with Crippen LogP contribution in [0.15, 0.2) is 30.5 Å². The van der Waals surface area contributed by atoms with E-state index < -0.39 is 0 Å². The van der Waals surface area contributed by atoms with Crippen molar-refractivity contribution in [3.63, 3.8) is 0 Å². The molecule has 2 rings (SSSR count). The fraction of sp³-hybridized carbons (Fsp3) is 0. The molecule has 0 amide bonds. The molecule has 0 spiro atoms. The third kappa shape index (κ3) is 1.31. The van der Waals surface area contributed by atoms with Crippen LogP contribution in [0, 0.1) is 8.78 Å². The SMILES string of the molecule is [O-][n+]1cc(O)c(I)c2ccccc21. The van der Waals surface area contributed by atoms with Crippen molar-refractivity contribution < 1.29 is 9.84 Å². The lowest BCUT2D eigenvalue weighted by molar-refractivity contribution is -0.577. The highest BCUT2D eigenvalue weighted by Gasteiger charge is 2.10. The number of aromatic hydroxyl groups is 1. The minimum atomic E-state index is 0.0225. The van der Waals surface area contributed by atoms with Crippen LogP contribution in [-0.2, 0) is 0 Å². The molecule has 1 heterocycles. The van der Waals surface area contributed by atoms with E-state index >= 15 is 0 Å². The van der Waals surface area contributed by atoms with Gasteiger partial charge in [0.2, 0.25) is 11.7 Å². The molecule has 0 aliphatic carbocycles. The monoisotopic (exact) mass is 287 g/mol. The van der Waals surface area contributed by atoms with Gasteiger partial charge in [0.05, 0.1) is 8.96 Å². The van der Waals surface area contributed by atoms with E-state index in [0.29, 0.717) is 13.8 Å². The smallest absolute Gasteiger partial charge is 0.225 e. The molecular formula is C9H6INO2. The van der Waals surface area contributed by atoms with Crippen LogP contribution in [0.1, 0.15) is 0 Å². The molecule has 1 aromatic heterocycles. The van der Waals surface area contributed by atoms with Crippen LogP contribution in [0.4, 0.5) is 0 Å². The molecule has 2 aromatic rings. The first-order valence-corrected chi connectivity index (χ1v) is 4.77. The Morgan fingerprint density at radius 1 is 1.31 bits per heavy atom. The summed E-state index contributed by atoms with van der Waals surface area (Å²) in [6.07, 6.45) is 1.17. The Hall–Kier alpha value is -1.04. The van der Waals surface area contributed by atoms with Crippen LogP contribution in [0.3, 0.4) is 0 Å². The molecule has 0 atom stereocenters. The molecule has 13 heavy (non-hydrogen) atoms.